The molecule has 0 atom stereocenters. The topological polar surface area (TPSA) is 76.8 Å². The van der Waals surface area contributed by atoms with Gasteiger partial charge in [-0.25, -0.2) is 4.79 Å². The molecule has 2 aromatic rings. The van der Waals surface area contributed by atoms with Crippen LogP contribution in [0.3, 0.4) is 0 Å². The summed E-state index contributed by atoms with van der Waals surface area (Å²) >= 11 is 0. The molecule has 3 rings (SSSR count). The zero-order chi connectivity index (χ0) is 18.4. The Balaban J connectivity index is 1.88. The van der Waals surface area contributed by atoms with Crippen molar-refractivity contribution < 1.29 is 14.4 Å². The number of carbonyl (C=O) groups excluding carboxylic acids is 1. The van der Waals surface area contributed by atoms with Crippen molar-refractivity contribution in [2.75, 3.05) is 0 Å². The Labute approximate surface area is 151 Å². The normalized spacial score (nSPS) is 13.3. The smallest absolute Gasteiger partial charge is 0.459 e. The Morgan fingerprint density at radius 1 is 1.04 bits per heavy atom. The van der Waals surface area contributed by atoms with Gasteiger partial charge in [-0.1, -0.05) is 30.3 Å². The van der Waals surface area contributed by atoms with E-state index in [-0.39, 0.29) is 10.4 Å². The zero-order valence-electron chi connectivity index (χ0n) is 14.1. The minimum atomic E-state index is -0.793. The molecule has 0 radical (unpaired) electrons. The Hall–Kier alpha value is -3.67. The van der Waals surface area contributed by atoms with Gasteiger partial charge < -0.3 is 15.3 Å². The molecule has 2 aromatic carbocycles. The second-order valence-electron chi connectivity index (χ2n) is 5.46. The van der Waals surface area contributed by atoms with Crippen LogP contribution in [0, 0.1) is 5.21 Å². The number of allylic oxidation sites excluding steroid dienone is 4. The van der Waals surface area contributed by atoms with E-state index < -0.39 is 5.91 Å². The van der Waals surface area contributed by atoms with E-state index in [1.807, 2.05) is 18.2 Å². The van der Waals surface area contributed by atoms with Crippen molar-refractivity contribution in [1.82, 2.24) is 5.32 Å². The average molecular weight is 347 g/mol. The highest BCUT2D eigenvalue weighted by molar-refractivity contribution is 5.91. The molecule has 0 spiro atoms. The largest absolute Gasteiger partial charge is 0.591 e. The molecule has 26 heavy (non-hydrogen) atoms. The summed E-state index contributed by atoms with van der Waals surface area (Å²) in [4.78, 5) is 12.6. The van der Waals surface area contributed by atoms with Gasteiger partial charge in [-0.2, -0.15) is 0 Å². The predicted molar refractivity (Wildman–Crippen MR) is 97.5 cm³/mol. The summed E-state index contributed by atoms with van der Waals surface area (Å²) in [5.41, 5.74) is 1.32. The molecule has 0 saturated carbocycles. The number of nitrogens with zero attached hydrogens (tertiary/aromatic N) is 2. The van der Waals surface area contributed by atoms with Gasteiger partial charge in [-0.05, 0) is 48.2 Å². The predicted octanol–water partition coefficient (Wildman–Crippen LogP) is 4.49. The van der Waals surface area contributed by atoms with Crippen LogP contribution in [0.4, 0.5) is 0 Å². The van der Waals surface area contributed by atoms with Crippen molar-refractivity contribution in [1.29, 1.82) is 0 Å². The molecule has 1 N–H and O–H groups in total. The van der Waals surface area contributed by atoms with E-state index in [9.17, 15) is 10.0 Å². The number of amides is 1. The molecule has 1 heterocycles. The van der Waals surface area contributed by atoms with E-state index in [4.69, 9.17) is 4.74 Å². The maximum Gasteiger partial charge on any atom is 0.459 e. The van der Waals surface area contributed by atoms with E-state index in [1.165, 1.54) is 6.07 Å². The van der Waals surface area contributed by atoms with Gasteiger partial charge in [0.2, 0.25) is 0 Å². The number of hydroxylamine groups is 1. The average Bonchev–Trinajstić information content (AvgIpc) is 2.69. The van der Waals surface area contributed by atoms with Gasteiger partial charge in [0, 0.05) is 23.1 Å². The quantitative estimate of drug-likeness (QED) is 0.502. The molecule has 1 aliphatic rings. The number of ether oxygens (including phenoxy) is 1. The molecule has 0 aliphatic carbocycles. The maximum atomic E-state index is 12.5. The lowest BCUT2D eigenvalue weighted by atomic mass is 10.2. The van der Waals surface area contributed by atoms with Gasteiger partial charge >= 0.3 is 5.91 Å². The monoisotopic (exact) mass is 347 g/mol. The lowest BCUT2D eigenvalue weighted by molar-refractivity contribution is -0.426. The number of dihydropyridines is 1. The molecule has 6 nitrogen and oxygen atoms in total. The van der Waals surface area contributed by atoms with Crippen LogP contribution in [0.15, 0.2) is 95.5 Å². The van der Waals surface area contributed by atoms with Gasteiger partial charge in [0.05, 0.1) is 0 Å². The highest BCUT2D eigenvalue weighted by Crippen LogP contribution is 2.25. The van der Waals surface area contributed by atoms with Crippen LogP contribution in [0.1, 0.15) is 17.3 Å². The van der Waals surface area contributed by atoms with Crippen LogP contribution in [0.25, 0.3) is 0 Å². The summed E-state index contributed by atoms with van der Waals surface area (Å²) in [7, 11) is 0. The second-order valence-corrected chi connectivity index (χ2v) is 5.46. The van der Waals surface area contributed by atoms with Crippen LogP contribution in [0.2, 0.25) is 0 Å². The fourth-order valence-electron chi connectivity index (χ4n) is 2.32. The number of azo groups is 1. The number of benzene rings is 2. The highest BCUT2D eigenvalue weighted by Gasteiger charge is 2.22. The Kier molecular flexibility index (Phi) is 5.24. The first-order valence-electron chi connectivity index (χ1n) is 8.00. The lowest BCUT2D eigenvalue weighted by Gasteiger charge is -2.08. The fourth-order valence-corrected chi connectivity index (χ4v) is 2.32. The van der Waals surface area contributed by atoms with Crippen molar-refractivity contribution in [3.05, 3.63) is 101 Å². The number of nitrogens with one attached hydrogen (secondary N) is 1. The lowest BCUT2D eigenvalue weighted by Crippen LogP contribution is -2.14. The molecular formula is C20H17N3O3. The number of rotatable bonds is 4. The molecule has 0 bridgehead atoms. The number of para-hydroxylation sites is 2. The molecule has 0 unspecified atom stereocenters. The van der Waals surface area contributed by atoms with E-state index in [2.05, 4.69) is 10.4 Å². The van der Waals surface area contributed by atoms with Crippen LogP contribution in [-0.4, -0.2) is 10.8 Å². The SMILES string of the molecule is CC(N=[N+]([O-])C(=O)c1ccccc1Oc1ccccc1)=C1C=CNC=C1. The standard InChI is InChI=1S/C20H17N3O3/c1-15(16-11-13-21-14-12-16)22-23(25)20(24)18-9-5-6-10-19(18)26-17-7-3-2-4-8-17/h2-14,21H,1H3. The maximum absolute atomic E-state index is 12.5. The third-order valence-corrected chi connectivity index (χ3v) is 3.64. The number of carbonyl (C=O) groups is 1. The minimum Gasteiger partial charge on any atom is -0.591 e. The number of hydrogen-bond donors (Lipinski definition) is 1. The molecule has 0 saturated heterocycles. The third kappa shape index (κ3) is 4.05. The first kappa shape index (κ1) is 17.2. The molecule has 0 fully saturated rings. The van der Waals surface area contributed by atoms with Crippen molar-refractivity contribution in [3.8, 4) is 11.5 Å². The van der Waals surface area contributed by atoms with Gasteiger partial charge in [0.1, 0.15) is 22.8 Å². The molecule has 1 aliphatic heterocycles. The summed E-state index contributed by atoms with van der Waals surface area (Å²) in [6, 6.07) is 15.6. The molecule has 1 amide bonds. The first-order chi connectivity index (χ1) is 12.6. The molecule has 6 heteroatoms. The Morgan fingerprint density at radius 2 is 1.69 bits per heavy atom. The second kappa shape index (κ2) is 7.94. The summed E-state index contributed by atoms with van der Waals surface area (Å²) in [5.74, 6) is 0.0792. The van der Waals surface area contributed by atoms with Gasteiger partial charge in [0.15, 0.2) is 0 Å². The van der Waals surface area contributed by atoms with E-state index in [1.54, 1.807) is 61.8 Å². The Bertz CT molecular complexity index is 914. The minimum absolute atomic E-state index is 0.0826. The van der Waals surface area contributed by atoms with Crippen molar-refractivity contribution in [3.63, 3.8) is 0 Å². The van der Waals surface area contributed by atoms with Crippen LogP contribution < -0.4 is 10.1 Å². The number of hydrogen-bond acceptors (Lipinski definition) is 5. The summed E-state index contributed by atoms with van der Waals surface area (Å²) in [6.45, 7) is 1.67. The van der Waals surface area contributed by atoms with Crippen molar-refractivity contribution >= 4 is 5.91 Å². The summed E-state index contributed by atoms with van der Waals surface area (Å²) in [6.07, 6.45) is 6.97. The molecule has 0 aromatic heterocycles. The van der Waals surface area contributed by atoms with Gasteiger partial charge in [-0.3, -0.25) is 0 Å². The zero-order valence-corrected chi connectivity index (χ0v) is 14.1. The Morgan fingerprint density at radius 3 is 2.42 bits per heavy atom. The van der Waals surface area contributed by atoms with E-state index >= 15 is 0 Å². The van der Waals surface area contributed by atoms with Crippen LogP contribution in [-0.2, 0) is 0 Å². The first-order valence-corrected chi connectivity index (χ1v) is 8.00. The van der Waals surface area contributed by atoms with Crippen LogP contribution >= 0.6 is 0 Å². The highest BCUT2D eigenvalue weighted by atomic mass is 16.5. The third-order valence-electron chi connectivity index (χ3n) is 3.64. The van der Waals surface area contributed by atoms with E-state index in [0.29, 0.717) is 17.2 Å². The van der Waals surface area contributed by atoms with E-state index in [0.717, 1.165) is 5.57 Å². The summed E-state index contributed by atoms with van der Waals surface area (Å²) in [5, 5.41) is 19.0. The fraction of sp³-hybridized carbons (Fsp3) is 0.0500. The van der Waals surface area contributed by atoms with Crippen LogP contribution in [0.5, 0.6) is 11.5 Å². The summed E-state index contributed by atoms with van der Waals surface area (Å²) < 4.78 is 5.73. The van der Waals surface area contributed by atoms with Crippen molar-refractivity contribution in [2.24, 2.45) is 5.11 Å². The molecule has 130 valence electrons. The molecular weight excluding hydrogens is 330 g/mol. The van der Waals surface area contributed by atoms with Gasteiger partial charge in [0.25, 0.3) is 0 Å². The van der Waals surface area contributed by atoms with Crippen molar-refractivity contribution in [2.45, 2.75) is 6.92 Å². The van der Waals surface area contributed by atoms with Gasteiger partial charge in [-0.15, -0.1) is 0 Å².